The third-order valence-electron chi connectivity index (χ3n) is 15.3. The Bertz CT molecular complexity index is 3200. The number of hydrogen-bond donors (Lipinski definition) is 4. The maximum absolute atomic E-state index is 15.0. The van der Waals surface area contributed by atoms with Crippen molar-refractivity contribution < 1.29 is 57.0 Å². The van der Waals surface area contributed by atoms with Crippen LogP contribution < -0.4 is 16.3 Å². The first-order chi connectivity index (χ1) is 35.6. The molecule has 8 heterocycles. The van der Waals surface area contributed by atoms with E-state index in [0.717, 1.165) is 28.9 Å². The van der Waals surface area contributed by atoms with Gasteiger partial charge in [0.1, 0.15) is 30.8 Å². The lowest BCUT2D eigenvalue weighted by atomic mass is 9.85. The number of likely N-dealkylation sites (tertiary alicyclic amines) is 1. The van der Waals surface area contributed by atoms with Crippen LogP contribution in [-0.4, -0.2) is 150 Å². The zero-order valence-corrected chi connectivity index (χ0v) is 43.6. The number of carbonyl (C=O) groups excluding carboxylic acids is 6. The summed E-state index contributed by atoms with van der Waals surface area (Å²) in [6.07, 6.45) is 0.232. The Morgan fingerprint density at radius 2 is 1.68 bits per heavy atom. The first-order valence-corrected chi connectivity index (χ1v) is 27.6. The Balaban J connectivity index is 0.825. The molecule has 6 amide bonds. The molecule has 0 spiro atoms. The molecule has 75 heavy (non-hydrogen) atoms. The number of fused-ring (bicyclic) bond motifs is 4. The Kier molecular flexibility index (Phi) is 14.3. The standard InChI is InChI=1S/C52H60FN8O12PS/c1-52(2,3)45(55-48(65)41-22-32-21-31(11-14-40(32)75-41)46(53)74(69,70)71)50(67)59-17-16-38(44(59)49(66)57-18-19-72-39(27-57)30-8-6-5-7-9-30)73-28-43(63)58-25-33-23-34(26-58)60(33)24-29-10-12-35-37(20-29)56(4)51(68)61(35)36-13-15-42(62)54-47(36)64/h5-12,14,20-22,33-34,36,38-39,44-46H,13,15-19,23-28H2,1-4H3,(H,55,65)(H,54,62,64)(H2,69,70,71)/t33?,34?,36?,38-,39+,44+,45-,46?/m1/s1. The van der Waals surface area contributed by atoms with Crippen molar-refractivity contribution in [2.75, 3.05) is 45.9 Å². The van der Waals surface area contributed by atoms with Crippen molar-refractivity contribution in [3.8, 4) is 0 Å². The molecular formula is C52H60FN8O12PS. The summed E-state index contributed by atoms with van der Waals surface area (Å²) in [5.74, 6) is -5.14. The van der Waals surface area contributed by atoms with Gasteiger partial charge < -0.3 is 39.3 Å². The molecule has 8 atom stereocenters. The van der Waals surface area contributed by atoms with Crippen LogP contribution in [0.25, 0.3) is 21.1 Å². The van der Waals surface area contributed by atoms with Gasteiger partial charge in [0, 0.05) is 63.0 Å². The molecule has 6 aliphatic heterocycles. The second kappa shape index (κ2) is 20.4. The largest absolute Gasteiger partial charge is 0.370 e. The van der Waals surface area contributed by atoms with Crippen molar-refractivity contribution in [2.24, 2.45) is 12.5 Å². The summed E-state index contributed by atoms with van der Waals surface area (Å²) >= 11 is 1.07. The predicted octanol–water partition coefficient (Wildman–Crippen LogP) is 3.89. The Labute approximate surface area is 434 Å². The van der Waals surface area contributed by atoms with Crippen molar-refractivity contribution in [2.45, 2.75) is 101 Å². The predicted molar refractivity (Wildman–Crippen MR) is 273 cm³/mol. The number of halogens is 1. The maximum atomic E-state index is 15.0. The number of ether oxygens (including phenoxy) is 2. The van der Waals surface area contributed by atoms with Gasteiger partial charge >= 0.3 is 13.3 Å². The number of alkyl halides is 1. The minimum atomic E-state index is -5.08. The van der Waals surface area contributed by atoms with E-state index in [1.807, 2.05) is 48.5 Å². The number of morpholine rings is 1. The fourth-order valence-electron chi connectivity index (χ4n) is 11.3. The summed E-state index contributed by atoms with van der Waals surface area (Å²) in [5.41, 5.74) is 1.67. The number of benzene rings is 3. The highest BCUT2D eigenvalue weighted by atomic mass is 32.1. The number of piperazine rings is 1. The van der Waals surface area contributed by atoms with E-state index in [-0.39, 0.29) is 98.0 Å². The number of hydrogen-bond acceptors (Lipinski definition) is 12. The normalized spacial score (nSPS) is 24.3. The highest BCUT2D eigenvalue weighted by Crippen LogP contribution is 2.53. The van der Waals surface area contributed by atoms with Gasteiger partial charge in [0.25, 0.3) is 5.91 Å². The van der Waals surface area contributed by atoms with Gasteiger partial charge in [-0.3, -0.25) is 52.7 Å². The summed E-state index contributed by atoms with van der Waals surface area (Å²) in [7, 11) is -3.42. The zero-order valence-electron chi connectivity index (χ0n) is 41.9. The van der Waals surface area contributed by atoms with Gasteiger partial charge in [-0.15, -0.1) is 11.3 Å². The van der Waals surface area contributed by atoms with Crippen LogP contribution in [0.5, 0.6) is 0 Å². The van der Waals surface area contributed by atoms with E-state index in [0.29, 0.717) is 40.8 Å². The lowest BCUT2D eigenvalue weighted by Crippen LogP contribution is -2.69. The fourth-order valence-corrected chi connectivity index (χ4v) is 12.8. The first-order valence-electron chi connectivity index (χ1n) is 25.1. The second-order valence-electron chi connectivity index (χ2n) is 21.3. The number of nitrogens with zero attached hydrogens (tertiary/aromatic N) is 6. The van der Waals surface area contributed by atoms with E-state index in [9.17, 15) is 52.3 Å². The third kappa shape index (κ3) is 10.3. The van der Waals surface area contributed by atoms with E-state index < -0.39 is 67.0 Å². The summed E-state index contributed by atoms with van der Waals surface area (Å²) < 4.78 is 42.3. The molecule has 6 aliphatic rings. The zero-order chi connectivity index (χ0) is 53.2. The molecule has 0 radical (unpaired) electrons. The average Bonchev–Trinajstić information content (AvgIpc) is 4.09. The minimum absolute atomic E-state index is 0.0676. The van der Waals surface area contributed by atoms with E-state index in [1.54, 1.807) is 37.6 Å². The van der Waals surface area contributed by atoms with Gasteiger partial charge in [-0.1, -0.05) is 63.2 Å². The van der Waals surface area contributed by atoms with E-state index in [1.165, 1.54) is 38.3 Å². The molecule has 6 saturated heterocycles. The van der Waals surface area contributed by atoms with E-state index >= 15 is 0 Å². The van der Waals surface area contributed by atoms with Gasteiger partial charge in [0.05, 0.1) is 35.2 Å². The fraction of sp³-hybridized carbons (Fsp3) is 0.481. The number of carbonyl (C=O) groups is 6. The molecule has 0 aliphatic carbocycles. The molecule has 20 nitrogen and oxygen atoms in total. The smallest absolute Gasteiger partial charge is 0.363 e. The molecule has 0 saturated carbocycles. The number of nitrogens with one attached hydrogen (secondary N) is 2. The number of aromatic nitrogens is 2. The van der Waals surface area contributed by atoms with Crippen LogP contribution >= 0.6 is 18.9 Å². The van der Waals surface area contributed by atoms with E-state index in [4.69, 9.17) is 9.47 Å². The van der Waals surface area contributed by atoms with Crippen LogP contribution in [0.3, 0.4) is 0 Å². The van der Waals surface area contributed by atoms with Crippen molar-refractivity contribution in [3.05, 3.63) is 105 Å². The molecule has 5 aromatic rings. The molecular weight excluding hydrogens is 1010 g/mol. The highest BCUT2D eigenvalue weighted by Gasteiger charge is 2.50. The van der Waals surface area contributed by atoms with Crippen LogP contribution in [0.2, 0.25) is 0 Å². The first kappa shape index (κ1) is 52.3. The van der Waals surface area contributed by atoms with Crippen LogP contribution in [0.4, 0.5) is 4.39 Å². The van der Waals surface area contributed by atoms with Crippen molar-refractivity contribution in [1.82, 2.24) is 39.4 Å². The van der Waals surface area contributed by atoms with Crippen LogP contribution in [0.15, 0.2) is 77.6 Å². The Hall–Kier alpha value is -6.13. The number of piperidine rings is 2. The van der Waals surface area contributed by atoms with Crippen LogP contribution in [-0.2, 0) is 51.6 Å². The molecule has 11 rings (SSSR count). The number of imidazole rings is 1. The molecule has 398 valence electrons. The van der Waals surface area contributed by atoms with Crippen molar-refractivity contribution in [1.29, 1.82) is 0 Å². The van der Waals surface area contributed by atoms with Gasteiger partial charge in [-0.05, 0) is 77.1 Å². The molecule has 6 fully saturated rings. The number of thiophene rings is 1. The number of amides is 6. The number of aryl methyl sites for hydroxylation is 1. The second-order valence-corrected chi connectivity index (χ2v) is 24.0. The van der Waals surface area contributed by atoms with Gasteiger partial charge in [0.15, 0.2) is 0 Å². The Morgan fingerprint density at radius 1 is 0.933 bits per heavy atom. The molecule has 3 aromatic carbocycles. The lowest BCUT2D eigenvalue weighted by Gasteiger charge is -2.56. The van der Waals surface area contributed by atoms with Gasteiger partial charge in [-0.25, -0.2) is 9.18 Å². The monoisotopic (exact) mass is 1070 g/mol. The topological polar surface area (TPSA) is 242 Å². The summed E-state index contributed by atoms with van der Waals surface area (Å²) in [5, 5.41) is 5.63. The lowest BCUT2D eigenvalue weighted by molar-refractivity contribution is -0.158. The molecule has 23 heteroatoms. The van der Waals surface area contributed by atoms with Crippen LogP contribution in [0.1, 0.15) is 90.9 Å². The average molecular weight is 1070 g/mol. The minimum Gasteiger partial charge on any atom is -0.370 e. The SMILES string of the molecule is Cn1c(=O)n(C2CCC(=O)NC2=O)c2ccc(CN3C4CC3CN(C(=O)CO[C@@H]3CCN(C(=O)[C@@H](NC(=O)c5cc6cc(C(F)P(=O)(O)O)ccc6s5)C(C)(C)C)[C@@H]3C(=O)N3CCO[C@H](c5ccccc5)C3)C4)cc21. The molecule has 4 unspecified atom stereocenters. The molecule has 2 aromatic heterocycles. The van der Waals surface area contributed by atoms with Crippen molar-refractivity contribution in [3.63, 3.8) is 0 Å². The summed E-state index contributed by atoms with van der Waals surface area (Å²) in [6.45, 7) is 7.34. The molecule has 2 bridgehead atoms. The number of imide groups is 1. The highest BCUT2D eigenvalue weighted by molar-refractivity contribution is 7.51. The third-order valence-corrected chi connectivity index (χ3v) is 17.3. The van der Waals surface area contributed by atoms with Gasteiger partial charge in [-0.2, -0.15) is 0 Å². The van der Waals surface area contributed by atoms with Crippen molar-refractivity contribution >= 4 is 75.5 Å². The van der Waals surface area contributed by atoms with E-state index in [2.05, 4.69) is 15.5 Å². The quantitative estimate of drug-likeness (QED) is 0.0968. The molecule has 4 N–H and O–H groups in total. The number of rotatable bonds is 13. The Morgan fingerprint density at radius 3 is 2.39 bits per heavy atom. The maximum Gasteiger partial charge on any atom is 0.363 e. The summed E-state index contributed by atoms with van der Waals surface area (Å²) in [6, 6.07) is 17.8. The van der Waals surface area contributed by atoms with Crippen LogP contribution in [0, 0.1) is 5.41 Å². The van der Waals surface area contributed by atoms with Gasteiger partial charge in [0.2, 0.25) is 35.4 Å². The summed E-state index contributed by atoms with van der Waals surface area (Å²) in [4.78, 5) is 122.